The van der Waals surface area contributed by atoms with Gasteiger partial charge in [-0.05, 0) is 52.4 Å². The number of benzene rings is 1. The maximum absolute atomic E-state index is 10.9. The summed E-state index contributed by atoms with van der Waals surface area (Å²) in [4.78, 5) is 11.3. The summed E-state index contributed by atoms with van der Waals surface area (Å²) in [5.74, 6) is -0.0793. The average Bonchev–Trinajstić information content (AvgIpc) is 2.95. The first kappa shape index (κ1) is 11.0. The second-order valence-corrected chi connectivity index (χ2v) is 5.96. The highest BCUT2D eigenvalue weighted by atomic mass is 79.9. The van der Waals surface area contributed by atoms with Crippen LogP contribution in [0.15, 0.2) is 22.7 Å². The lowest BCUT2D eigenvalue weighted by Gasteiger charge is -2.05. The number of aromatic carboxylic acids is 1. The molecule has 5 heteroatoms. The fourth-order valence-electron chi connectivity index (χ4n) is 1.64. The van der Waals surface area contributed by atoms with E-state index in [4.69, 9.17) is 9.84 Å². The smallest absolute Gasteiger partial charge is 0.345 e. The van der Waals surface area contributed by atoms with Crippen LogP contribution in [-0.2, 0) is 0 Å². The van der Waals surface area contributed by atoms with Crippen LogP contribution in [-0.4, -0.2) is 17.2 Å². The van der Waals surface area contributed by atoms with E-state index in [1.54, 1.807) is 6.07 Å². The Morgan fingerprint density at radius 3 is 2.82 bits per heavy atom. The summed E-state index contributed by atoms with van der Waals surface area (Å²) in [6.45, 7) is 0. The Morgan fingerprint density at radius 1 is 1.41 bits per heavy atom. The number of hydrogen-bond acceptors (Lipinski definition) is 3. The molecule has 0 unspecified atom stereocenters. The third-order valence-electron chi connectivity index (χ3n) is 2.58. The first-order valence-corrected chi connectivity index (χ1v) is 6.87. The molecule has 17 heavy (non-hydrogen) atoms. The third kappa shape index (κ3) is 2.17. The van der Waals surface area contributed by atoms with Crippen molar-refractivity contribution in [2.75, 3.05) is 0 Å². The Bertz CT molecular complexity index is 601. The molecule has 1 aromatic carbocycles. The number of fused-ring (bicyclic) bond motifs is 1. The minimum Gasteiger partial charge on any atom is -0.490 e. The van der Waals surface area contributed by atoms with Gasteiger partial charge in [-0.2, -0.15) is 0 Å². The van der Waals surface area contributed by atoms with Crippen molar-refractivity contribution < 1.29 is 14.6 Å². The van der Waals surface area contributed by atoms with E-state index < -0.39 is 5.97 Å². The highest BCUT2D eigenvalue weighted by Gasteiger charge is 2.24. The maximum Gasteiger partial charge on any atom is 0.345 e. The standard InChI is InChI=1S/C12H9BrO3S/c13-9-5-8(16-7-1-2-7)3-6-4-10(12(14)15)17-11(6)9/h3-5,7H,1-2H2,(H,14,15). The van der Waals surface area contributed by atoms with Crippen LogP contribution in [0.3, 0.4) is 0 Å². The molecule has 2 aromatic rings. The Hall–Kier alpha value is -1.07. The first-order valence-electron chi connectivity index (χ1n) is 5.26. The van der Waals surface area contributed by atoms with E-state index in [1.807, 2.05) is 12.1 Å². The molecule has 0 bridgehead atoms. The van der Waals surface area contributed by atoms with Gasteiger partial charge in [0.25, 0.3) is 0 Å². The van der Waals surface area contributed by atoms with Crippen molar-refractivity contribution in [3.63, 3.8) is 0 Å². The van der Waals surface area contributed by atoms with Crippen LogP contribution in [0.4, 0.5) is 0 Å². The van der Waals surface area contributed by atoms with Gasteiger partial charge in [-0.3, -0.25) is 0 Å². The Balaban J connectivity index is 2.07. The summed E-state index contributed by atoms with van der Waals surface area (Å²) >= 11 is 4.73. The molecule has 1 fully saturated rings. The van der Waals surface area contributed by atoms with E-state index in [1.165, 1.54) is 11.3 Å². The summed E-state index contributed by atoms with van der Waals surface area (Å²) in [5, 5.41) is 9.88. The fourth-order valence-corrected chi connectivity index (χ4v) is 3.22. The van der Waals surface area contributed by atoms with E-state index >= 15 is 0 Å². The number of ether oxygens (including phenoxy) is 1. The predicted molar refractivity (Wildman–Crippen MR) is 70.1 cm³/mol. The van der Waals surface area contributed by atoms with Crippen molar-refractivity contribution in [1.29, 1.82) is 0 Å². The van der Waals surface area contributed by atoms with Crippen LogP contribution in [0.1, 0.15) is 22.5 Å². The van der Waals surface area contributed by atoms with Crippen molar-refractivity contribution in [2.45, 2.75) is 18.9 Å². The van der Waals surface area contributed by atoms with Gasteiger partial charge in [-0.25, -0.2) is 4.79 Å². The minimum atomic E-state index is -0.886. The lowest BCUT2D eigenvalue weighted by molar-refractivity contribution is 0.0702. The van der Waals surface area contributed by atoms with Crippen molar-refractivity contribution >= 4 is 43.3 Å². The van der Waals surface area contributed by atoms with E-state index in [2.05, 4.69) is 15.9 Å². The zero-order chi connectivity index (χ0) is 12.0. The molecule has 1 heterocycles. The van der Waals surface area contributed by atoms with Gasteiger partial charge in [0.05, 0.1) is 6.10 Å². The predicted octanol–water partition coefficient (Wildman–Crippen LogP) is 3.90. The van der Waals surface area contributed by atoms with Crippen molar-refractivity contribution in [3.8, 4) is 5.75 Å². The van der Waals surface area contributed by atoms with Gasteiger partial charge in [0.1, 0.15) is 10.6 Å². The molecule has 1 aliphatic carbocycles. The van der Waals surface area contributed by atoms with Crippen LogP contribution in [0.2, 0.25) is 0 Å². The number of thiophene rings is 1. The zero-order valence-corrected chi connectivity index (χ0v) is 11.2. The van der Waals surface area contributed by atoms with Crippen LogP contribution in [0.25, 0.3) is 10.1 Å². The van der Waals surface area contributed by atoms with Gasteiger partial charge in [-0.1, -0.05) is 0 Å². The molecule has 88 valence electrons. The molecule has 0 atom stereocenters. The molecule has 1 aromatic heterocycles. The maximum atomic E-state index is 10.9. The molecule has 0 spiro atoms. The molecule has 0 radical (unpaired) electrons. The van der Waals surface area contributed by atoms with Gasteiger partial charge in [-0.15, -0.1) is 11.3 Å². The van der Waals surface area contributed by atoms with E-state index in [0.717, 1.165) is 33.2 Å². The number of halogens is 1. The van der Waals surface area contributed by atoms with Crippen molar-refractivity contribution in [3.05, 3.63) is 27.5 Å². The second kappa shape index (κ2) is 3.99. The fraction of sp³-hybridized carbons (Fsp3) is 0.250. The third-order valence-corrected chi connectivity index (χ3v) is 4.64. The molecule has 0 amide bonds. The molecule has 1 aliphatic rings. The highest BCUT2D eigenvalue weighted by Crippen LogP contribution is 2.37. The number of carboxylic acid groups (broad SMARTS) is 1. The highest BCUT2D eigenvalue weighted by molar-refractivity contribution is 9.10. The molecule has 0 aliphatic heterocycles. The van der Waals surface area contributed by atoms with Crippen molar-refractivity contribution in [2.24, 2.45) is 0 Å². The van der Waals surface area contributed by atoms with Gasteiger partial charge < -0.3 is 9.84 Å². The normalized spacial score (nSPS) is 15.1. The van der Waals surface area contributed by atoms with E-state index in [9.17, 15) is 4.79 Å². The number of carboxylic acids is 1. The zero-order valence-electron chi connectivity index (χ0n) is 8.77. The summed E-state index contributed by atoms with van der Waals surface area (Å²) in [6.07, 6.45) is 2.57. The molecule has 0 saturated heterocycles. The molecule has 1 N–H and O–H groups in total. The number of hydrogen-bond donors (Lipinski definition) is 1. The molecule has 3 nitrogen and oxygen atoms in total. The van der Waals surface area contributed by atoms with Gasteiger partial charge in [0.2, 0.25) is 0 Å². The molecular formula is C12H9BrO3S. The summed E-state index contributed by atoms with van der Waals surface area (Å²) < 4.78 is 7.55. The van der Waals surface area contributed by atoms with Gasteiger partial charge in [0.15, 0.2) is 0 Å². The van der Waals surface area contributed by atoms with Gasteiger partial charge >= 0.3 is 5.97 Å². The Kier molecular flexibility index (Phi) is 2.60. The quantitative estimate of drug-likeness (QED) is 0.934. The second-order valence-electron chi connectivity index (χ2n) is 4.06. The average molecular weight is 313 g/mol. The Morgan fingerprint density at radius 2 is 2.18 bits per heavy atom. The lowest BCUT2D eigenvalue weighted by Crippen LogP contribution is -1.95. The summed E-state index contributed by atoms with van der Waals surface area (Å²) in [6, 6.07) is 5.50. The number of carbonyl (C=O) groups is 1. The molecule has 1 saturated carbocycles. The first-order chi connectivity index (χ1) is 8.13. The topological polar surface area (TPSA) is 46.5 Å². The van der Waals surface area contributed by atoms with E-state index in [-0.39, 0.29) is 0 Å². The largest absolute Gasteiger partial charge is 0.490 e. The Labute approximate surface area is 110 Å². The summed E-state index contributed by atoms with van der Waals surface area (Å²) in [5.41, 5.74) is 0. The summed E-state index contributed by atoms with van der Waals surface area (Å²) in [7, 11) is 0. The van der Waals surface area contributed by atoms with Crippen LogP contribution in [0.5, 0.6) is 5.75 Å². The SMILES string of the molecule is O=C(O)c1cc2cc(OC3CC3)cc(Br)c2s1. The van der Waals surface area contributed by atoms with Crippen LogP contribution < -0.4 is 4.74 Å². The minimum absolute atomic E-state index is 0.344. The van der Waals surface area contributed by atoms with Crippen molar-refractivity contribution in [1.82, 2.24) is 0 Å². The molecular weight excluding hydrogens is 304 g/mol. The van der Waals surface area contributed by atoms with Gasteiger partial charge in [0, 0.05) is 9.17 Å². The van der Waals surface area contributed by atoms with Crippen LogP contribution in [0, 0.1) is 0 Å². The van der Waals surface area contributed by atoms with E-state index in [0.29, 0.717) is 11.0 Å². The lowest BCUT2D eigenvalue weighted by atomic mass is 10.2. The van der Waals surface area contributed by atoms with Crippen LogP contribution >= 0.6 is 27.3 Å². The molecule has 3 rings (SSSR count). The monoisotopic (exact) mass is 312 g/mol. The number of rotatable bonds is 3.